The molecule has 2 rings (SSSR count). The second kappa shape index (κ2) is 14.8. The summed E-state index contributed by atoms with van der Waals surface area (Å²) in [5.41, 5.74) is 2.11. The average Bonchev–Trinajstić information content (AvgIpc) is 3.02. The maximum absolute atomic E-state index is 12.7. The number of fused-ring (bicyclic) bond motifs is 1. The lowest BCUT2D eigenvalue weighted by Crippen LogP contribution is -2.24. The Kier molecular flexibility index (Phi) is 12.0. The molecule has 3 heteroatoms. The molecule has 1 aliphatic heterocycles. The van der Waals surface area contributed by atoms with E-state index in [1.54, 1.807) is 18.3 Å². The van der Waals surface area contributed by atoms with Gasteiger partial charge in [-0.2, -0.15) is 0 Å². The predicted octanol–water partition coefficient (Wildman–Crippen LogP) is 8.22. The Morgan fingerprint density at radius 1 is 0.742 bits per heavy atom. The van der Waals surface area contributed by atoms with Gasteiger partial charge in [0, 0.05) is 6.20 Å². The Morgan fingerprint density at radius 2 is 1.26 bits per heavy atom. The minimum atomic E-state index is -0.203. The highest BCUT2D eigenvalue weighted by molar-refractivity contribution is 6.22. The molecular formula is C28H41NO2. The topological polar surface area (TPSA) is 37.4 Å². The molecule has 0 saturated carbocycles. The molecule has 0 aromatic heterocycles. The monoisotopic (exact) mass is 423 g/mol. The molecule has 1 aromatic carbocycles. The van der Waals surface area contributed by atoms with E-state index in [9.17, 15) is 9.59 Å². The number of hydrogen-bond donors (Lipinski definition) is 0. The maximum Gasteiger partial charge on any atom is 0.265 e. The fourth-order valence-electron chi connectivity index (χ4n) is 4.07. The van der Waals surface area contributed by atoms with Gasteiger partial charge in [0.2, 0.25) is 0 Å². The first-order valence-electron chi connectivity index (χ1n) is 12.5. The van der Waals surface area contributed by atoms with E-state index in [1.165, 1.54) is 75.5 Å². The SMILES string of the molecule is CCCCCCCCC=CC(=CN1C(=O)c2ccccc2C1=O)CCCCCCCC. The largest absolute Gasteiger partial charge is 0.268 e. The van der Waals surface area contributed by atoms with Crippen LogP contribution in [0.3, 0.4) is 0 Å². The summed E-state index contributed by atoms with van der Waals surface area (Å²) in [6, 6.07) is 7.11. The van der Waals surface area contributed by atoms with Crippen molar-refractivity contribution in [3.05, 3.63) is 59.3 Å². The fourth-order valence-corrected chi connectivity index (χ4v) is 4.07. The van der Waals surface area contributed by atoms with Crippen molar-refractivity contribution in [3.63, 3.8) is 0 Å². The molecule has 0 atom stereocenters. The molecule has 0 fully saturated rings. The Balaban J connectivity index is 1.94. The van der Waals surface area contributed by atoms with E-state index in [4.69, 9.17) is 0 Å². The van der Waals surface area contributed by atoms with E-state index in [2.05, 4.69) is 26.0 Å². The minimum absolute atomic E-state index is 0.203. The van der Waals surface area contributed by atoms with Crippen LogP contribution in [0.25, 0.3) is 0 Å². The van der Waals surface area contributed by atoms with Crippen molar-refractivity contribution in [3.8, 4) is 0 Å². The second-order valence-electron chi connectivity index (χ2n) is 8.71. The number of amides is 2. The van der Waals surface area contributed by atoms with Gasteiger partial charge in [-0.15, -0.1) is 0 Å². The van der Waals surface area contributed by atoms with Crippen LogP contribution in [0.1, 0.15) is 124 Å². The lowest BCUT2D eigenvalue weighted by molar-refractivity contribution is 0.0720. The van der Waals surface area contributed by atoms with E-state index >= 15 is 0 Å². The molecule has 3 nitrogen and oxygen atoms in total. The van der Waals surface area contributed by atoms with Gasteiger partial charge in [-0.3, -0.25) is 9.59 Å². The zero-order valence-corrected chi connectivity index (χ0v) is 19.7. The third-order valence-electron chi connectivity index (χ3n) is 6.00. The first-order valence-corrected chi connectivity index (χ1v) is 12.5. The number of rotatable bonds is 16. The molecule has 0 aliphatic carbocycles. The molecule has 2 amide bonds. The summed E-state index contributed by atoms with van der Waals surface area (Å²) in [5.74, 6) is -0.407. The van der Waals surface area contributed by atoms with Gasteiger partial charge >= 0.3 is 0 Å². The van der Waals surface area contributed by atoms with Crippen LogP contribution in [0.15, 0.2) is 48.2 Å². The fraction of sp³-hybridized carbons (Fsp3) is 0.571. The summed E-state index contributed by atoms with van der Waals surface area (Å²) in [4.78, 5) is 26.8. The van der Waals surface area contributed by atoms with Gasteiger partial charge in [0.25, 0.3) is 11.8 Å². The van der Waals surface area contributed by atoms with E-state index in [0.717, 1.165) is 24.8 Å². The Hall–Kier alpha value is -2.16. The smallest absolute Gasteiger partial charge is 0.265 e. The lowest BCUT2D eigenvalue weighted by atomic mass is 10.0. The predicted molar refractivity (Wildman–Crippen MR) is 130 cm³/mol. The molecule has 0 unspecified atom stereocenters. The van der Waals surface area contributed by atoms with Crippen molar-refractivity contribution >= 4 is 11.8 Å². The van der Waals surface area contributed by atoms with Crippen LogP contribution in [0.5, 0.6) is 0 Å². The third-order valence-corrected chi connectivity index (χ3v) is 6.00. The first kappa shape index (κ1) is 25.1. The zero-order chi connectivity index (χ0) is 22.3. The number of hydrogen-bond acceptors (Lipinski definition) is 2. The first-order chi connectivity index (χ1) is 15.2. The van der Waals surface area contributed by atoms with Crippen molar-refractivity contribution in [1.29, 1.82) is 0 Å². The second-order valence-corrected chi connectivity index (χ2v) is 8.71. The summed E-state index contributed by atoms with van der Waals surface area (Å²) in [6.07, 6.45) is 23.3. The lowest BCUT2D eigenvalue weighted by Gasteiger charge is -2.11. The highest BCUT2D eigenvalue weighted by atomic mass is 16.2. The summed E-state index contributed by atoms with van der Waals surface area (Å²) >= 11 is 0. The molecule has 0 N–H and O–H groups in total. The highest BCUT2D eigenvalue weighted by Crippen LogP contribution is 2.25. The number of carbonyl (C=O) groups is 2. The van der Waals surface area contributed by atoms with Gasteiger partial charge in [0.1, 0.15) is 0 Å². The third kappa shape index (κ3) is 8.47. The average molecular weight is 424 g/mol. The highest BCUT2D eigenvalue weighted by Gasteiger charge is 2.33. The molecular weight excluding hydrogens is 382 g/mol. The van der Waals surface area contributed by atoms with Crippen molar-refractivity contribution in [2.24, 2.45) is 0 Å². The van der Waals surface area contributed by atoms with Crippen LogP contribution < -0.4 is 0 Å². The van der Waals surface area contributed by atoms with E-state index in [-0.39, 0.29) is 11.8 Å². The molecule has 0 radical (unpaired) electrons. The normalized spacial score (nSPS) is 14.1. The van der Waals surface area contributed by atoms with Crippen molar-refractivity contribution in [2.45, 2.75) is 104 Å². The number of allylic oxidation sites excluding steroid dienone is 3. The van der Waals surface area contributed by atoms with Crippen LogP contribution in [-0.4, -0.2) is 16.7 Å². The van der Waals surface area contributed by atoms with Crippen molar-refractivity contribution in [1.82, 2.24) is 4.90 Å². The van der Waals surface area contributed by atoms with Crippen molar-refractivity contribution in [2.75, 3.05) is 0 Å². The Bertz CT molecular complexity index is 712. The van der Waals surface area contributed by atoms with Gasteiger partial charge in [-0.25, -0.2) is 4.90 Å². The quantitative estimate of drug-likeness (QED) is 0.152. The minimum Gasteiger partial charge on any atom is -0.268 e. The van der Waals surface area contributed by atoms with Crippen LogP contribution >= 0.6 is 0 Å². The van der Waals surface area contributed by atoms with Gasteiger partial charge < -0.3 is 0 Å². The van der Waals surface area contributed by atoms with Crippen molar-refractivity contribution < 1.29 is 9.59 Å². The van der Waals surface area contributed by atoms with E-state index in [0.29, 0.717) is 11.1 Å². The van der Waals surface area contributed by atoms with Gasteiger partial charge in [-0.1, -0.05) is 102 Å². The standard InChI is InChI=1S/C28H41NO2/c1-3-5-7-9-11-12-14-16-20-24(19-15-13-10-8-6-4-2)23-29-27(30)25-21-17-18-22-26(25)28(29)31/h16-18,20-23H,3-15,19H2,1-2H3. The zero-order valence-electron chi connectivity index (χ0n) is 19.7. The van der Waals surface area contributed by atoms with Crippen LogP contribution in [0.4, 0.5) is 0 Å². The molecule has 1 heterocycles. The molecule has 0 spiro atoms. The van der Waals surface area contributed by atoms with Gasteiger partial charge in [-0.05, 0) is 43.4 Å². The van der Waals surface area contributed by atoms with E-state index < -0.39 is 0 Å². The summed E-state index contributed by atoms with van der Waals surface area (Å²) < 4.78 is 0. The Morgan fingerprint density at radius 3 is 1.84 bits per heavy atom. The van der Waals surface area contributed by atoms with Crippen LogP contribution in [-0.2, 0) is 0 Å². The molecule has 0 bridgehead atoms. The van der Waals surface area contributed by atoms with Crippen LogP contribution in [0, 0.1) is 0 Å². The number of carbonyl (C=O) groups excluding carboxylic acids is 2. The molecule has 1 aromatic rings. The van der Waals surface area contributed by atoms with Crippen LogP contribution in [0.2, 0.25) is 0 Å². The summed E-state index contributed by atoms with van der Waals surface area (Å²) in [6.45, 7) is 4.48. The van der Waals surface area contributed by atoms with E-state index in [1.807, 2.05) is 12.1 Å². The molecule has 31 heavy (non-hydrogen) atoms. The molecule has 1 aliphatic rings. The number of benzene rings is 1. The Labute approximate surface area is 189 Å². The summed E-state index contributed by atoms with van der Waals surface area (Å²) in [5, 5.41) is 0. The number of nitrogens with zero attached hydrogens (tertiary/aromatic N) is 1. The van der Waals surface area contributed by atoms with Gasteiger partial charge in [0.15, 0.2) is 0 Å². The van der Waals surface area contributed by atoms with Gasteiger partial charge in [0.05, 0.1) is 11.1 Å². The molecule has 170 valence electrons. The summed E-state index contributed by atoms with van der Waals surface area (Å²) in [7, 11) is 0. The maximum atomic E-state index is 12.7. The number of imide groups is 1. The number of unbranched alkanes of at least 4 members (excludes halogenated alkanes) is 11. The molecule has 0 saturated heterocycles.